The summed E-state index contributed by atoms with van der Waals surface area (Å²) < 4.78 is 0. The Morgan fingerprint density at radius 1 is 1.35 bits per heavy atom. The number of aryl methyl sites for hydroxylation is 1. The van der Waals surface area contributed by atoms with Gasteiger partial charge in [0, 0.05) is 25.0 Å². The number of aromatic carboxylic acids is 1. The predicted molar refractivity (Wildman–Crippen MR) is 68.7 cm³/mol. The number of aromatic nitrogens is 1. The Labute approximate surface area is 102 Å². The number of hydrogen-bond donors (Lipinski definition) is 1. The Hall–Kier alpha value is -1.58. The van der Waals surface area contributed by atoms with Crippen LogP contribution in [0.3, 0.4) is 0 Å². The fourth-order valence-electron chi connectivity index (χ4n) is 1.86. The number of carboxylic acid groups (broad SMARTS) is 1. The normalized spacial score (nSPS) is 10.3. The van der Waals surface area contributed by atoms with Crippen LogP contribution < -0.4 is 4.90 Å². The van der Waals surface area contributed by atoms with E-state index in [2.05, 4.69) is 23.7 Å². The number of pyridine rings is 1. The second kappa shape index (κ2) is 6.23. The van der Waals surface area contributed by atoms with Crippen molar-refractivity contribution in [3.63, 3.8) is 0 Å². The lowest BCUT2D eigenvalue weighted by molar-refractivity contribution is 0.0697. The van der Waals surface area contributed by atoms with Crippen LogP contribution in [0.15, 0.2) is 12.3 Å². The number of carboxylic acids is 1. The van der Waals surface area contributed by atoms with Crippen LogP contribution in [0, 0.1) is 6.92 Å². The van der Waals surface area contributed by atoms with Crippen LogP contribution in [0.4, 0.5) is 5.69 Å². The molecule has 94 valence electrons. The van der Waals surface area contributed by atoms with Crippen LogP contribution in [-0.4, -0.2) is 29.1 Å². The third kappa shape index (κ3) is 3.44. The summed E-state index contributed by atoms with van der Waals surface area (Å²) >= 11 is 0. The molecule has 1 aromatic rings. The van der Waals surface area contributed by atoms with Gasteiger partial charge in [0.25, 0.3) is 0 Å². The predicted octanol–water partition coefficient (Wildman–Crippen LogP) is 2.71. The Kier molecular flexibility index (Phi) is 4.94. The smallest absolute Gasteiger partial charge is 0.339 e. The number of anilines is 1. The van der Waals surface area contributed by atoms with Crippen molar-refractivity contribution in [3.05, 3.63) is 23.5 Å². The van der Waals surface area contributed by atoms with Gasteiger partial charge in [-0.05, 0) is 25.8 Å². The molecule has 0 amide bonds. The Bertz CT molecular complexity index is 385. The van der Waals surface area contributed by atoms with Gasteiger partial charge in [0.2, 0.25) is 0 Å². The maximum absolute atomic E-state index is 11.2. The zero-order valence-corrected chi connectivity index (χ0v) is 10.7. The van der Waals surface area contributed by atoms with E-state index in [0.29, 0.717) is 0 Å². The summed E-state index contributed by atoms with van der Waals surface area (Å²) in [6.45, 7) is 7.81. The first-order valence-electron chi connectivity index (χ1n) is 6.05. The zero-order chi connectivity index (χ0) is 12.8. The van der Waals surface area contributed by atoms with Gasteiger partial charge < -0.3 is 10.0 Å². The molecule has 1 heterocycles. The van der Waals surface area contributed by atoms with E-state index in [4.69, 9.17) is 0 Å². The number of hydrogen-bond acceptors (Lipinski definition) is 3. The second-order valence-electron chi connectivity index (χ2n) is 4.14. The van der Waals surface area contributed by atoms with Gasteiger partial charge in [0.15, 0.2) is 0 Å². The quantitative estimate of drug-likeness (QED) is 0.825. The molecule has 0 aromatic carbocycles. The molecule has 0 spiro atoms. The van der Waals surface area contributed by atoms with E-state index in [9.17, 15) is 9.90 Å². The fraction of sp³-hybridized carbons (Fsp3) is 0.538. The van der Waals surface area contributed by atoms with Crippen molar-refractivity contribution in [1.82, 2.24) is 4.98 Å². The second-order valence-corrected chi connectivity index (χ2v) is 4.14. The van der Waals surface area contributed by atoms with Crippen molar-refractivity contribution in [2.45, 2.75) is 33.6 Å². The molecule has 0 aliphatic carbocycles. The largest absolute Gasteiger partial charge is 0.478 e. The molecule has 0 unspecified atom stereocenters. The monoisotopic (exact) mass is 236 g/mol. The van der Waals surface area contributed by atoms with E-state index in [1.807, 2.05) is 13.0 Å². The number of rotatable bonds is 6. The molecular formula is C13H20N2O2. The van der Waals surface area contributed by atoms with E-state index in [1.165, 1.54) is 6.20 Å². The first-order valence-corrected chi connectivity index (χ1v) is 6.05. The van der Waals surface area contributed by atoms with Gasteiger partial charge in [-0.15, -0.1) is 0 Å². The highest BCUT2D eigenvalue weighted by molar-refractivity contribution is 5.94. The third-order valence-electron chi connectivity index (χ3n) is 2.58. The Morgan fingerprint density at radius 2 is 1.94 bits per heavy atom. The average molecular weight is 236 g/mol. The van der Waals surface area contributed by atoms with Crippen molar-refractivity contribution in [2.75, 3.05) is 18.0 Å². The molecule has 0 radical (unpaired) electrons. The number of carbonyl (C=O) groups is 1. The summed E-state index contributed by atoms with van der Waals surface area (Å²) in [6.07, 6.45) is 3.45. The van der Waals surface area contributed by atoms with Crippen LogP contribution in [0.1, 0.15) is 42.7 Å². The van der Waals surface area contributed by atoms with Crippen molar-refractivity contribution < 1.29 is 9.90 Å². The van der Waals surface area contributed by atoms with E-state index in [-0.39, 0.29) is 5.56 Å². The molecule has 0 fully saturated rings. The SMILES string of the molecule is CCCN(CCC)c1cc(C)ncc1C(=O)O. The lowest BCUT2D eigenvalue weighted by atomic mass is 10.1. The standard InChI is InChI=1S/C13H20N2O2/c1-4-6-15(7-5-2)12-8-10(3)14-9-11(12)13(16)17/h8-9H,4-7H2,1-3H3,(H,16,17). The average Bonchev–Trinajstić information content (AvgIpc) is 2.28. The van der Waals surface area contributed by atoms with Crippen LogP contribution in [0.25, 0.3) is 0 Å². The van der Waals surface area contributed by atoms with Crippen LogP contribution in [-0.2, 0) is 0 Å². The summed E-state index contributed by atoms with van der Waals surface area (Å²) in [5.74, 6) is -0.912. The Morgan fingerprint density at radius 3 is 2.41 bits per heavy atom. The highest BCUT2D eigenvalue weighted by Gasteiger charge is 2.15. The topological polar surface area (TPSA) is 53.4 Å². The molecule has 0 aliphatic heterocycles. The van der Waals surface area contributed by atoms with Crippen LogP contribution in [0.2, 0.25) is 0 Å². The minimum Gasteiger partial charge on any atom is -0.478 e. The van der Waals surface area contributed by atoms with E-state index >= 15 is 0 Å². The zero-order valence-electron chi connectivity index (χ0n) is 10.7. The lowest BCUT2D eigenvalue weighted by Crippen LogP contribution is -2.27. The van der Waals surface area contributed by atoms with Crippen molar-refractivity contribution in [2.24, 2.45) is 0 Å². The highest BCUT2D eigenvalue weighted by atomic mass is 16.4. The molecule has 1 aromatic heterocycles. The summed E-state index contributed by atoms with van der Waals surface area (Å²) in [5.41, 5.74) is 1.92. The minimum atomic E-state index is -0.912. The maximum atomic E-state index is 11.2. The third-order valence-corrected chi connectivity index (χ3v) is 2.58. The van der Waals surface area contributed by atoms with Gasteiger partial charge in [-0.25, -0.2) is 4.79 Å². The van der Waals surface area contributed by atoms with Gasteiger partial charge in [-0.3, -0.25) is 4.98 Å². The van der Waals surface area contributed by atoms with Crippen LogP contribution >= 0.6 is 0 Å². The minimum absolute atomic E-state index is 0.289. The molecule has 4 nitrogen and oxygen atoms in total. The molecule has 0 bridgehead atoms. The van der Waals surface area contributed by atoms with Gasteiger partial charge in [0.1, 0.15) is 5.56 Å². The Balaban J connectivity index is 3.14. The lowest BCUT2D eigenvalue weighted by Gasteiger charge is -2.25. The molecule has 0 saturated heterocycles. The first-order chi connectivity index (χ1) is 8.10. The highest BCUT2D eigenvalue weighted by Crippen LogP contribution is 2.21. The molecule has 4 heteroatoms. The maximum Gasteiger partial charge on any atom is 0.339 e. The van der Waals surface area contributed by atoms with Crippen molar-refractivity contribution in [3.8, 4) is 0 Å². The molecule has 1 N–H and O–H groups in total. The number of nitrogens with zero attached hydrogens (tertiary/aromatic N) is 2. The van der Waals surface area contributed by atoms with Crippen molar-refractivity contribution >= 4 is 11.7 Å². The van der Waals surface area contributed by atoms with Crippen LogP contribution in [0.5, 0.6) is 0 Å². The van der Waals surface area contributed by atoms with E-state index in [0.717, 1.165) is 37.3 Å². The summed E-state index contributed by atoms with van der Waals surface area (Å²) in [5, 5.41) is 9.18. The van der Waals surface area contributed by atoms with Gasteiger partial charge in [0.05, 0.1) is 5.69 Å². The molecule has 0 saturated carbocycles. The molecular weight excluding hydrogens is 216 g/mol. The molecule has 0 atom stereocenters. The molecule has 0 aliphatic rings. The van der Waals surface area contributed by atoms with E-state index < -0.39 is 5.97 Å². The fourth-order valence-corrected chi connectivity index (χ4v) is 1.86. The molecule has 17 heavy (non-hydrogen) atoms. The van der Waals surface area contributed by atoms with Gasteiger partial charge in [-0.2, -0.15) is 0 Å². The summed E-state index contributed by atoms with van der Waals surface area (Å²) in [4.78, 5) is 17.4. The summed E-state index contributed by atoms with van der Waals surface area (Å²) in [6, 6.07) is 1.86. The summed E-state index contributed by atoms with van der Waals surface area (Å²) in [7, 11) is 0. The van der Waals surface area contributed by atoms with E-state index in [1.54, 1.807) is 0 Å². The van der Waals surface area contributed by atoms with Gasteiger partial charge >= 0.3 is 5.97 Å². The van der Waals surface area contributed by atoms with Crippen molar-refractivity contribution in [1.29, 1.82) is 0 Å². The molecule has 1 rings (SSSR count). The van der Waals surface area contributed by atoms with Gasteiger partial charge in [-0.1, -0.05) is 13.8 Å². The first kappa shape index (κ1) is 13.5.